The maximum Gasteiger partial charge on any atom is 0.139 e. The van der Waals surface area contributed by atoms with E-state index < -0.39 is 0 Å². The van der Waals surface area contributed by atoms with Gasteiger partial charge in [0, 0.05) is 24.2 Å². The number of aromatic nitrogens is 2. The molecule has 1 heterocycles. The van der Waals surface area contributed by atoms with Crippen molar-refractivity contribution in [3.05, 3.63) is 24.8 Å². The molecule has 2 aliphatic rings. The first-order chi connectivity index (χ1) is 7.98. The van der Waals surface area contributed by atoms with Gasteiger partial charge in [-0.05, 0) is 30.2 Å². The first-order valence-electron chi connectivity index (χ1n) is 6.22. The van der Waals surface area contributed by atoms with E-state index in [2.05, 4.69) is 30.7 Å². The number of hydrogen-bond donors (Lipinski definition) is 0. The van der Waals surface area contributed by atoms with Crippen LogP contribution in [-0.4, -0.2) is 15.8 Å². The first kappa shape index (κ1) is 12.2. The molecule has 0 N–H and O–H groups in total. The molecule has 0 radical (unpaired) electrons. The largest absolute Gasteiger partial charge is 0.299 e. The Morgan fingerprint density at radius 3 is 2.06 bits per heavy atom. The smallest absolute Gasteiger partial charge is 0.139 e. The van der Waals surface area contributed by atoms with E-state index in [-0.39, 0.29) is 10.8 Å². The highest BCUT2D eigenvalue weighted by molar-refractivity contribution is 5.89. The van der Waals surface area contributed by atoms with Crippen LogP contribution >= 0.6 is 0 Å². The lowest BCUT2D eigenvalue weighted by atomic mass is 9.70. The molecule has 2 aliphatic carbocycles. The second-order valence-corrected chi connectivity index (χ2v) is 5.82. The van der Waals surface area contributed by atoms with Crippen molar-refractivity contribution >= 4 is 5.78 Å². The van der Waals surface area contributed by atoms with Crippen molar-refractivity contribution in [1.82, 2.24) is 9.97 Å². The van der Waals surface area contributed by atoms with Gasteiger partial charge in [0.05, 0.1) is 0 Å². The second kappa shape index (κ2) is 4.21. The minimum Gasteiger partial charge on any atom is -0.299 e. The molecule has 3 heteroatoms. The van der Waals surface area contributed by atoms with Gasteiger partial charge < -0.3 is 0 Å². The standard InChI is InChI=1S/C10H16O.C4H4N2/c1-9(2)7-4-5-10(9,3)8(11)6-7;1-2-5-4-6-3-1/h7H,4-6H2,1-3H3;1-4H. The Balaban J connectivity index is 0.000000153. The summed E-state index contributed by atoms with van der Waals surface area (Å²) in [7, 11) is 0. The van der Waals surface area contributed by atoms with Gasteiger partial charge >= 0.3 is 0 Å². The van der Waals surface area contributed by atoms with Gasteiger partial charge in [0.2, 0.25) is 0 Å². The minimum atomic E-state index is 0.0255. The molecule has 3 rings (SSSR count). The molecule has 2 saturated carbocycles. The Labute approximate surface area is 103 Å². The summed E-state index contributed by atoms with van der Waals surface area (Å²) in [5.74, 6) is 1.19. The van der Waals surface area contributed by atoms with E-state index >= 15 is 0 Å². The average molecular weight is 232 g/mol. The summed E-state index contributed by atoms with van der Waals surface area (Å²) in [6.07, 6.45) is 8.13. The minimum absolute atomic E-state index is 0.0255. The summed E-state index contributed by atoms with van der Waals surface area (Å²) in [6.45, 7) is 6.67. The summed E-state index contributed by atoms with van der Waals surface area (Å²) in [5, 5.41) is 0. The third-order valence-corrected chi connectivity index (χ3v) is 4.96. The zero-order valence-electron chi connectivity index (χ0n) is 10.8. The zero-order valence-corrected chi connectivity index (χ0v) is 10.8. The summed E-state index contributed by atoms with van der Waals surface area (Å²) in [6, 6.07) is 1.78. The normalized spacial score (nSPS) is 33.1. The highest BCUT2D eigenvalue weighted by Crippen LogP contribution is 2.63. The maximum absolute atomic E-state index is 11.6. The lowest BCUT2D eigenvalue weighted by Gasteiger charge is -2.32. The van der Waals surface area contributed by atoms with Crippen LogP contribution in [-0.2, 0) is 4.79 Å². The van der Waals surface area contributed by atoms with Crippen LogP contribution in [0.5, 0.6) is 0 Å². The Morgan fingerprint density at radius 2 is 1.88 bits per heavy atom. The van der Waals surface area contributed by atoms with Crippen molar-refractivity contribution < 1.29 is 4.79 Å². The molecule has 0 aromatic carbocycles. The average Bonchev–Trinajstić information content (AvgIpc) is 2.65. The molecule has 3 nitrogen and oxygen atoms in total. The predicted molar refractivity (Wildman–Crippen MR) is 66.3 cm³/mol. The highest BCUT2D eigenvalue weighted by Gasteiger charge is 2.61. The molecule has 1 aromatic heterocycles. The van der Waals surface area contributed by atoms with E-state index in [4.69, 9.17) is 0 Å². The van der Waals surface area contributed by atoms with Crippen LogP contribution in [0.2, 0.25) is 0 Å². The van der Waals surface area contributed by atoms with Gasteiger partial charge in [0.1, 0.15) is 12.1 Å². The Hall–Kier alpha value is -1.25. The fourth-order valence-corrected chi connectivity index (χ4v) is 3.15. The summed E-state index contributed by atoms with van der Waals surface area (Å²) in [5.41, 5.74) is 0.307. The van der Waals surface area contributed by atoms with Gasteiger partial charge in [0.15, 0.2) is 0 Å². The number of nitrogens with zero attached hydrogens (tertiary/aromatic N) is 2. The molecule has 0 amide bonds. The van der Waals surface area contributed by atoms with Crippen LogP contribution in [0.4, 0.5) is 0 Å². The zero-order chi connectivity index (χ0) is 12.5. The van der Waals surface area contributed by atoms with Gasteiger partial charge in [-0.3, -0.25) is 4.79 Å². The quantitative estimate of drug-likeness (QED) is 0.690. The van der Waals surface area contributed by atoms with Crippen molar-refractivity contribution in [2.45, 2.75) is 40.0 Å². The lowest BCUT2D eigenvalue weighted by Crippen LogP contribution is -2.32. The SMILES string of the molecule is CC12CCC(CC1=O)C2(C)C.c1cncnc1. The van der Waals surface area contributed by atoms with Crippen LogP contribution in [0.15, 0.2) is 24.8 Å². The first-order valence-corrected chi connectivity index (χ1v) is 6.22. The van der Waals surface area contributed by atoms with Crippen LogP contribution in [0.1, 0.15) is 40.0 Å². The van der Waals surface area contributed by atoms with Gasteiger partial charge in [-0.2, -0.15) is 0 Å². The van der Waals surface area contributed by atoms with Crippen molar-refractivity contribution in [2.24, 2.45) is 16.7 Å². The summed E-state index contributed by atoms with van der Waals surface area (Å²) < 4.78 is 0. The lowest BCUT2D eigenvalue weighted by molar-refractivity contribution is -0.128. The molecule has 2 atom stereocenters. The Kier molecular flexibility index (Phi) is 3.02. The third kappa shape index (κ3) is 1.88. The number of Topliss-reactive ketones (excluding diaryl/α,β-unsaturated/α-hetero) is 1. The predicted octanol–water partition coefficient (Wildman–Crippen LogP) is 2.88. The number of ketones is 1. The van der Waals surface area contributed by atoms with E-state index in [1.54, 1.807) is 18.5 Å². The van der Waals surface area contributed by atoms with Crippen molar-refractivity contribution in [3.8, 4) is 0 Å². The molecule has 92 valence electrons. The topological polar surface area (TPSA) is 42.9 Å². The molecule has 0 spiro atoms. The van der Waals surface area contributed by atoms with Gasteiger partial charge in [-0.1, -0.05) is 20.8 Å². The van der Waals surface area contributed by atoms with Crippen LogP contribution in [0.25, 0.3) is 0 Å². The maximum atomic E-state index is 11.6. The second-order valence-electron chi connectivity index (χ2n) is 5.82. The molecular formula is C14H20N2O. The molecule has 2 unspecified atom stereocenters. The summed E-state index contributed by atoms with van der Waals surface area (Å²) in [4.78, 5) is 18.9. The number of carbonyl (C=O) groups excluding carboxylic acids is 1. The van der Waals surface area contributed by atoms with Crippen molar-refractivity contribution in [2.75, 3.05) is 0 Å². The molecule has 17 heavy (non-hydrogen) atoms. The van der Waals surface area contributed by atoms with Gasteiger partial charge in [0.25, 0.3) is 0 Å². The fourth-order valence-electron chi connectivity index (χ4n) is 3.15. The molecular weight excluding hydrogens is 212 g/mol. The van der Waals surface area contributed by atoms with Gasteiger partial charge in [-0.25, -0.2) is 9.97 Å². The third-order valence-electron chi connectivity index (χ3n) is 4.96. The van der Waals surface area contributed by atoms with E-state index in [0.29, 0.717) is 11.7 Å². The van der Waals surface area contributed by atoms with Crippen LogP contribution in [0.3, 0.4) is 0 Å². The van der Waals surface area contributed by atoms with E-state index in [0.717, 1.165) is 12.8 Å². The number of hydrogen-bond acceptors (Lipinski definition) is 3. The molecule has 2 fully saturated rings. The number of carbonyl (C=O) groups is 1. The molecule has 0 aliphatic heterocycles. The van der Waals surface area contributed by atoms with E-state index in [1.807, 2.05) is 0 Å². The van der Waals surface area contributed by atoms with E-state index in [1.165, 1.54) is 12.7 Å². The highest BCUT2D eigenvalue weighted by atomic mass is 16.1. The van der Waals surface area contributed by atoms with Crippen LogP contribution < -0.4 is 0 Å². The fraction of sp³-hybridized carbons (Fsp3) is 0.643. The Morgan fingerprint density at radius 1 is 1.24 bits per heavy atom. The molecule has 0 saturated heterocycles. The Bertz CT molecular complexity index is 375. The van der Waals surface area contributed by atoms with Crippen molar-refractivity contribution in [1.29, 1.82) is 0 Å². The summed E-state index contributed by atoms with van der Waals surface area (Å²) >= 11 is 0. The monoisotopic (exact) mass is 232 g/mol. The molecule has 1 aromatic rings. The number of rotatable bonds is 0. The van der Waals surface area contributed by atoms with Crippen molar-refractivity contribution in [3.63, 3.8) is 0 Å². The van der Waals surface area contributed by atoms with Gasteiger partial charge in [-0.15, -0.1) is 0 Å². The van der Waals surface area contributed by atoms with Crippen LogP contribution in [0, 0.1) is 16.7 Å². The van der Waals surface area contributed by atoms with E-state index in [9.17, 15) is 4.79 Å². The number of fused-ring (bicyclic) bond motifs is 2. The molecule has 2 bridgehead atoms.